The van der Waals surface area contributed by atoms with E-state index in [-0.39, 0.29) is 5.56 Å². The lowest BCUT2D eigenvalue weighted by Gasteiger charge is -2.14. The lowest BCUT2D eigenvalue weighted by Crippen LogP contribution is -2.22. The van der Waals surface area contributed by atoms with Crippen LogP contribution in [-0.2, 0) is 0 Å². The van der Waals surface area contributed by atoms with Gasteiger partial charge in [0, 0.05) is 24.0 Å². The number of aromatic nitrogens is 3. The Morgan fingerprint density at radius 2 is 1.96 bits per heavy atom. The molecular weight excluding hydrogens is 342 g/mol. The highest BCUT2D eigenvalue weighted by atomic mass is 16.4. The monoisotopic (exact) mass is 365 g/mol. The van der Waals surface area contributed by atoms with Gasteiger partial charge in [0.05, 0.1) is 11.1 Å². The number of pyridine rings is 1. The van der Waals surface area contributed by atoms with E-state index in [0.717, 1.165) is 30.8 Å². The molecule has 1 aromatic carbocycles. The Labute approximate surface area is 157 Å². The zero-order chi connectivity index (χ0) is 18.6. The van der Waals surface area contributed by atoms with Gasteiger partial charge in [-0.3, -0.25) is 0 Å². The summed E-state index contributed by atoms with van der Waals surface area (Å²) in [5.74, 6) is -0.377. The molecule has 140 valence electrons. The number of imidazole rings is 1. The predicted molar refractivity (Wildman–Crippen MR) is 105 cm³/mol. The molecule has 0 saturated carbocycles. The van der Waals surface area contributed by atoms with Gasteiger partial charge in [-0.2, -0.15) is 0 Å². The predicted octanol–water partition coefficient (Wildman–Crippen LogP) is 3.22. The van der Waals surface area contributed by atoms with Crippen LogP contribution in [0.3, 0.4) is 0 Å². The van der Waals surface area contributed by atoms with Crippen LogP contribution in [0.4, 0.5) is 5.69 Å². The number of aromatic amines is 1. The van der Waals surface area contributed by atoms with Crippen LogP contribution >= 0.6 is 0 Å². The second-order valence-corrected chi connectivity index (χ2v) is 6.85. The molecule has 3 aromatic rings. The molecule has 1 fully saturated rings. The van der Waals surface area contributed by atoms with Crippen molar-refractivity contribution in [1.82, 2.24) is 19.9 Å². The molecule has 27 heavy (non-hydrogen) atoms. The second kappa shape index (κ2) is 7.75. The summed E-state index contributed by atoms with van der Waals surface area (Å²) in [5, 5.41) is 12.7. The Bertz CT molecular complexity index is 929. The molecule has 7 nitrogen and oxygen atoms in total. The first-order valence-electron chi connectivity index (χ1n) is 9.35. The van der Waals surface area contributed by atoms with Gasteiger partial charge in [0.25, 0.3) is 0 Å². The minimum Gasteiger partial charge on any atom is -0.478 e. The van der Waals surface area contributed by atoms with Gasteiger partial charge >= 0.3 is 5.97 Å². The van der Waals surface area contributed by atoms with Crippen molar-refractivity contribution in [3.8, 4) is 11.4 Å². The molecule has 1 saturated heterocycles. The number of likely N-dealkylation sites (tertiary alicyclic amines) is 1. The Morgan fingerprint density at radius 3 is 2.70 bits per heavy atom. The van der Waals surface area contributed by atoms with E-state index in [9.17, 15) is 9.90 Å². The Kier molecular flexibility index (Phi) is 5.02. The van der Waals surface area contributed by atoms with Gasteiger partial charge in [-0.15, -0.1) is 0 Å². The van der Waals surface area contributed by atoms with E-state index in [1.54, 1.807) is 0 Å². The van der Waals surface area contributed by atoms with E-state index in [1.807, 2.05) is 24.3 Å². The lowest BCUT2D eigenvalue weighted by molar-refractivity contribution is 0.0698. The summed E-state index contributed by atoms with van der Waals surface area (Å²) in [6, 6.07) is 9.46. The van der Waals surface area contributed by atoms with Gasteiger partial charge < -0.3 is 20.3 Å². The Hall–Kier alpha value is -2.93. The first-order chi connectivity index (χ1) is 13.2. The molecule has 0 aliphatic carbocycles. The molecule has 0 spiro atoms. The SMILES string of the molecule is O=C(O)c1ccnc2nc(-c3ccc(NCCCN4CCCC4)cc3)[nH]c12. The van der Waals surface area contributed by atoms with Crippen molar-refractivity contribution >= 4 is 22.8 Å². The topological polar surface area (TPSA) is 94.1 Å². The number of nitrogens with one attached hydrogen (secondary N) is 2. The fourth-order valence-electron chi connectivity index (χ4n) is 3.51. The number of benzene rings is 1. The summed E-state index contributed by atoms with van der Waals surface area (Å²) in [5.41, 5.74) is 3.00. The standard InChI is InChI=1S/C20H23N5O2/c26-20(27)16-8-10-22-19-17(16)23-18(24-19)14-4-6-15(7-5-14)21-9-3-13-25-11-1-2-12-25/h4-8,10,21H,1-3,9,11-13H2,(H,26,27)(H,22,23,24). The van der Waals surface area contributed by atoms with Crippen molar-refractivity contribution in [2.24, 2.45) is 0 Å². The third kappa shape index (κ3) is 3.93. The zero-order valence-electron chi connectivity index (χ0n) is 15.1. The highest BCUT2D eigenvalue weighted by Gasteiger charge is 2.14. The van der Waals surface area contributed by atoms with Gasteiger partial charge in [-0.1, -0.05) is 0 Å². The number of nitrogens with zero attached hydrogens (tertiary/aromatic N) is 3. The van der Waals surface area contributed by atoms with Gasteiger partial charge in [0.15, 0.2) is 5.65 Å². The number of anilines is 1. The highest BCUT2D eigenvalue weighted by molar-refractivity contribution is 6.00. The second-order valence-electron chi connectivity index (χ2n) is 6.85. The minimum absolute atomic E-state index is 0.176. The molecule has 2 aromatic heterocycles. The number of carboxylic acids is 1. The average Bonchev–Trinajstić information content (AvgIpc) is 3.34. The number of rotatable bonds is 7. The Morgan fingerprint density at radius 1 is 1.19 bits per heavy atom. The van der Waals surface area contributed by atoms with E-state index < -0.39 is 5.97 Å². The van der Waals surface area contributed by atoms with E-state index in [0.29, 0.717) is 17.0 Å². The highest BCUT2D eigenvalue weighted by Crippen LogP contribution is 2.23. The fraction of sp³-hybridized carbons (Fsp3) is 0.350. The van der Waals surface area contributed by atoms with Crippen LogP contribution in [0.25, 0.3) is 22.6 Å². The molecule has 0 amide bonds. The van der Waals surface area contributed by atoms with Crippen LogP contribution in [0.15, 0.2) is 36.5 Å². The fourth-order valence-corrected chi connectivity index (χ4v) is 3.51. The smallest absolute Gasteiger partial charge is 0.338 e. The van der Waals surface area contributed by atoms with Crippen LogP contribution in [0.2, 0.25) is 0 Å². The van der Waals surface area contributed by atoms with Gasteiger partial charge in [-0.05, 0) is 69.2 Å². The summed E-state index contributed by atoms with van der Waals surface area (Å²) in [4.78, 5) is 25.5. The van der Waals surface area contributed by atoms with Crippen LogP contribution in [0.1, 0.15) is 29.6 Å². The molecule has 4 rings (SSSR count). The quantitative estimate of drug-likeness (QED) is 0.557. The molecule has 3 N–H and O–H groups in total. The van der Waals surface area contributed by atoms with Crippen molar-refractivity contribution in [1.29, 1.82) is 0 Å². The molecule has 0 atom stereocenters. The van der Waals surface area contributed by atoms with E-state index >= 15 is 0 Å². The summed E-state index contributed by atoms with van der Waals surface area (Å²) in [7, 11) is 0. The van der Waals surface area contributed by atoms with Gasteiger partial charge in [-0.25, -0.2) is 14.8 Å². The summed E-state index contributed by atoms with van der Waals surface area (Å²) < 4.78 is 0. The number of carbonyl (C=O) groups is 1. The molecular formula is C20H23N5O2. The molecule has 7 heteroatoms. The van der Waals surface area contributed by atoms with Crippen LogP contribution in [0, 0.1) is 0 Å². The Balaban J connectivity index is 1.40. The van der Waals surface area contributed by atoms with E-state index in [1.165, 1.54) is 38.2 Å². The van der Waals surface area contributed by atoms with Gasteiger partial charge in [0.2, 0.25) is 0 Å². The van der Waals surface area contributed by atoms with E-state index in [2.05, 4.69) is 25.2 Å². The first kappa shape index (κ1) is 17.5. The number of carboxylic acid groups (broad SMARTS) is 1. The van der Waals surface area contributed by atoms with Crippen LogP contribution in [-0.4, -0.2) is 57.1 Å². The average molecular weight is 365 g/mol. The lowest BCUT2D eigenvalue weighted by atomic mass is 10.2. The maximum atomic E-state index is 11.3. The normalized spacial score (nSPS) is 14.7. The molecule has 1 aliphatic rings. The maximum absolute atomic E-state index is 11.3. The third-order valence-corrected chi connectivity index (χ3v) is 4.96. The minimum atomic E-state index is -0.994. The maximum Gasteiger partial charge on any atom is 0.338 e. The largest absolute Gasteiger partial charge is 0.478 e. The van der Waals surface area contributed by atoms with Gasteiger partial charge in [0.1, 0.15) is 5.82 Å². The third-order valence-electron chi connectivity index (χ3n) is 4.96. The van der Waals surface area contributed by atoms with Crippen molar-refractivity contribution in [2.75, 3.05) is 31.5 Å². The van der Waals surface area contributed by atoms with Crippen molar-refractivity contribution in [2.45, 2.75) is 19.3 Å². The first-order valence-corrected chi connectivity index (χ1v) is 9.35. The molecule has 1 aliphatic heterocycles. The van der Waals surface area contributed by atoms with Crippen LogP contribution in [0.5, 0.6) is 0 Å². The zero-order valence-corrected chi connectivity index (χ0v) is 15.1. The van der Waals surface area contributed by atoms with Crippen molar-refractivity contribution in [3.05, 3.63) is 42.1 Å². The van der Waals surface area contributed by atoms with E-state index in [4.69, 9.17) is 0 Å². The van der Waals surface area contributed by atoms with Crippen LogP contribution < -0.4 is 5.32 Å². The number of fused-ring (bicyclic) bond motifs is 1. The van der Waals surface area contributed by atoms with Crippen molar-refractivity contribution < 1.29 is 9.90 Å². The number of hydrogen-bond donors (Lipinski definition) is 3. The molecule has 3 heterocycles. The summed E-state index contributed by atoms with van der Waals surface area (Å²) >= 11 is 0. The molecule has 0 unspecified atom stereocenters. The molecule has 0 radical (unpaired) electrons. The number of H-pyrrole nitrogens is 1. The summed E-state index contributed by atoms with van der Waals surface area (Å²) in [6.45, 7) is 4.59. The number of aromatic carboxylic acids is 1. The number of hydrogen-bond acceptors (Lipinski definition) is 5. The van der Waals surface area contributed by atoms with Crippen molar-refractivity contribution in [3.63, 3.8) is 0 Å². The summed E-state index contributed by atoms with van der Waals surface area (Å²) in [6.07, 6.45) is 5.26. The molecule has 0 bridgehead atoms.